The number of halogens is 1. The van der Waals surface area contributed by atoms with Crippen molar-refractivity contribution in [1.29, 1.82) is 0 Å². The van der Waals surface area contributed by atoms with Crippen molar-refractivity contribution in [3.8, 4) is 0 Å². The number of aryl methyl sites for hydroxylation is 2. The van der Waals surface area contributed by atoms with Crippen molar-refractivity contribution < 1.29 is 14.0 Å². The van der Waals surface area contributed by atoms with E-state index in [0.29, 0.717) is 11.3 Å². The number of carbonyl (C=O) groups excluding carboxylic acids is 2. The molecule has 0 atom stereocenters. The second-order valence-corrected chi connectivity index (χ2v) is 6.77. The van der Waals surface area contributed by atoms with Crippen LogP contribution in [0.1, 0.15) is 30.5 Å². The van der Waals surface area contributed by atoms with Crippen LogP contribution in [-0.2, 0) is 9.59 Å². The zero-order valence-electron chi connectivity index (χ0n) is 15.3. The number of anilines is 1. The number of amides is 2. The van der Waals surface area contributed by atoms with Gasteiger partial charge in [0.2, 0.25) is 0 Å². The molecule has 134 valence electrons. The minimum Gasteiger partial charge on any atom is -0.350 e. The number of imide groups is 1. The summed E-state index contributed by atoms with van der Waals surface area (Å²) in [5.74, 6) is -1.05. The Hall–Kier alpha value is -2.95. The third-order valence-corrected chi connectivity index (χ3v) is 4.40. The highest BCUT2D eigenvalue weighted by atomic mass is 19.1. The fraction of sp³-hybridized carbons (Fsp3) is 0.238. The van der Waals surface area contributed by atoms with Gasteiger partial charge in [0, 0.05) is 11.7 Å². The molecule has 4 nitrogen and oxygen atoms in total. The van der Waals surface area contributed by atoms with Gasteiger partial charge in [-0.25, -0.2) is 4.39 Å². The van der Waals surface area contributed by atoms with Gasteiger partial charge in [-0.2, -0.15) is 0 Å². The van der Waals surface area contributed by atoms with E-state index in [1.54, 1.807) is 13.8 Å². The molecule has 5 heteroatoms. The molecule has 0 unspecified atom stereocenters. The van der Waals surface area contributed by atoms with Crippen LogP contribution in [0.5, 0.6) is 0 Å². The van der Waals surface area contributed by atoms with Crippen LogP contribution < -0.4 is 5.32 Å². The molecule has 1 aliphatic heterocycles. The van der Waals surface area contributed by atoms with Gasteiger partial charge in [0.05, 0.1) is 5.57 Å². The molecule has 2 amide bonds. The topological polar surface area (TPSA) is 49.4 Å². The lowest BCUT2D eigenvalue weighted by molar-refractivity contribution is -0.138. The van der Waals surface area contributed by atoms with Crippen LogP contribution in [-0.4, -0.2) is 22.8 Å². The highest BCUT2D eigenvalue weighted by molar-refractivity contribution is 6.36. The molecule has 0 fully saturated rings. The molecule has 0 bridgehead atoms. The predicted octanol–water partition coefficient (Wildman–Crippen LogP) is 4.04. The van der Waals surface area contributed by atoms with Crippen LogP contribution in [0.2, 0.25) is 0 Å². The summed E-state index contributed by atoms with van der Waals surface area (Å²) in [5.41, 5.74) is 3.85. The highest BCUT2D eigenvalue weighted by Crippen LogP contribution is 2.33. The lowest BCUT2D eigenvalue weighted by Crippen LogP contribution is -2.38. The van der Waals surface area contributed by atoms with E-state index >= 15 is 0 Å². The quantitative estimate of drug-likeness (QED) is 0.845. The van der Waals surface area contributed by atoms with E-state index < -0.39 is 0 Å². The van der Waals surface area contributed by atoms with Crippen molar-refractivity contribution in [3.05, 3.63) is 70.7 Å². The molecule has 1 heterocycles. The Morgan fingerprint density at radius 3 is 2.19 bits per heavy atom. The van der Waals surface area contributed by atoms with Gasteiger partial charge in [0.1, 0.15) is 11.5 Å². The van der Waals surface area contributed by atoms with Crippen LogP contribution in [0.3, 0.4) is 0 Å². The van der Waals surface area contributed by atoms with Gasteiger partial charge >= 0.3 is 0 Å². The first-order valence-electron chi connectivity index (χ1n) is 8.52. The number of benzene rings is 2. The first-order valence-corrected chi connectivity index (χ1v) is 8.52. The third kappa shape index (κ3) is 3.12. The van der Waals surface area contributed by atoms with E-state index in [1.807, 2.05) is 32.0 Å². The summed E-state index contributed by atoms with van der Waals surface area (Å²) >= 11 is 0. The lowest BCUT2D eigenvalue weighted by Gasteiger charge is -2.19. The van der Waals surface area contributed by atoms with Gasteiger partial charge in [0.25, 0.3) is 11.8 Å². The Morgan fingerprint density at radius 1 is 0.962 bits per heavy atom. The van der Waals surface area contributed by atoms with Gasteiger partial charge in [-0.15, -0.1) is 0 Å². The van der Waals surface area contributed by atoms with Crippen molar-refractivity contribution in [2.75, 3.05) is 5.32 Å². The zero-order chi connectivity index (χ0) is 19.0. The van der Waals surface area contributed by atoms with Crippen LogP contribution in [0, 0.1) is 19.7 Å². The van der Waals surface area contributed by atoms with Crippen molar-refractivity contribution in [2.24, 2.45) is 0 Å². The molecule has 0 aromatic heterocycles. The summed E-state index contributed by atoms with van der Waals surface area (Å²) in [6.07, 6.45) is 0. The number of nitrogens with zero attached hydrogens (tertiary/aromatic N) is 1. The summed E-state index contributed by atoms with van der Waals surface area (Å²) in [6.45, 7) is 7.50. The monoisotopic (exact) mass is 352 g/mol. The SMILES string of the molecule is Cc1ccc(C2=C(Nc3ccc(F)cc3)C(=O)N(C(C)C)C2=O)c(C)c1. The summed E-state index contributed by atoms with van der Waals surface area (Å²) in [4.78, 5) is 27.1. The maximum absolute atomic E-state index is 13.2. The Morgan fingerprint density at radius 2 is 1.62 bits per heavy atom. The first kappa shape index (κ1) is 17.9. The average Bonchev–Trinajstić information content (AvgIpc) is 2.80. The third-order valence-electron chi connectivity index (χ3n) is 4.40. The lowest BCUT2D eigenvalue weighted by atomic mass is 9.97. The molecule has 3 rings (SSSR count). The van der Waals surface area contributed by atoms with Crippen LogP contribution in [0.4, 0.5) is 10.1 Å². The van der Waals surface area contributed by atoms with E-state index in [4.69, 9.17) is 0 Å². The first-order chi connectivity index (χ1) is 12.3. The predicted molar refractivity (Wildman–Crippen MR) is 99.8 cm³/mol. The summed E-state index contributed by atoms with van der Waals surface area (Å²) in [7, 11) is 0. The molecule has 26 heavy (non-hydrogen) atoms. The second-order valence-electron chi connectivity index (χ2n) is 6.77. The molecule has 2 aromatic rings. The number of carbonyl (C=O) groups is 2. The maximum Gasteiger partial charge on any atom is 0.278 e. The number of nitrogens with one attached hydrogen (secondary N) is 1. The minimum atomic E-state index is -0.371. The second kappa shape index (κ2) is 6.75. The molecular formula is C21H21FN2O2. The minimum absolute atomic E-state index is 0.224. The van der Waals surface area contributed by atoms with E-state index in [1.165, 1.54) is 29.2 Å². The van der Waals surface area contributed by atoms with Crippen LogP contribution >= 0.6 is 0 Å². The summed E-state index contributed by atoms with van der Waals surface area (Å²) in [5, 5.41) is 3.02. The zero-order valence-corrected chi connectivity index (χ0v) is 15.3. The van der Waals surface area contributed by atoms with E-state index in [-0.39, 0.29) is 29.4 Å². The molecule has 1 N–H and O–H groups in total. The molecule has 0 aliphatic carbocycles. The van der Waals surface area contributed by atoms with Crippen molar-refractivity contribution in [2.45, 2.75) is 33.7 Å². The molecule has 1 aliphatic rings. The Kier molecular flexibility index (Phi) is 4.64. The van der Waals surface area contributed by atoms with Gasteiger partial charge in [-0.3, -0.25) is 14.5 Å². The fourth-order valence-electron chi connectivity index (χ4n) is 3.15. The normalized spacial score (nSPS) is 14.6. The maximum atomic E-state index is 13.2. The van der Waals surface area contributed by atoms with E-state index in [2.05, 4.69) is 5.32 Å². The Balaban J connectivity index is 2.14. The molecule has 2 aromatic carbocycles. The van der Waals surface area contributed by atoms with E-state index in [9.17, 15) is 14.0 Å². The average molecular weight is 352 g/mol. The molecule has 0 spiro atoms. The Labute approximate surface area is 152 Å². The number of rotatable bonds is 4. The smallest absolute Gasteiger partial charge is 0.278 e. The summed E-state index contributed by atoms with van der Waals surface area (Å²) in [6, 6.07) is 11.2. The fourth-order valence-corrected chi connectivity index (χ4v) is 3.15. The van der Waals surface area contributed by atoms with Gasteiger partial charge in [-0.1, -0.05) is 23.8 Å². The van der Waals surface area contributed by atoms with Crippen LogP contribution in [0.25, 0.3) is 5.57 Å². The number of hydrogen-bond donors (Lipinski definition) is 1. The van der Waals surface area contributed by atoms with Gasteiger partial charge in [0.15, 0.2) is 0 Å². The van der Waals surface area contributed by atoms with Crippen molar-refractivity contribution in [1.82, 2.24) is 4.90 Å². The largest absolute Gasteiger partial charge is 0.350 e. The molecule has 0 saturated carbocycles. The standard InChI is InChI=1S/C21H21FN2O2/c1-12(2)24-20(25)18(17-10-5-13(3)11-14(17)4)19(21(24)26)23-16-8-6-15(22)7-9-16/h5-12,23H,1-4H3. The molecule has 0 saturated heterocycles. The summed E-state index contributed by atoms with van der Waals surface area (Å²) < 4.78 is 13.2. The van der Waals surface area contributed by atoms with Crippen LogP contribution in [0.15, 0.2) is 48.2 Å². The van der Waals surface area contributed by atoms with Gasteiger partial charge < -0.3 is 5.32 Å². The van der Waals surface area contributed by atoms with Gasteiger partial charge in [-0.05, 0) is 63.1 Å². The highest BCUT2D eigenvalue weighted by Gasteiger charge is 2.40. The molecule has 0 radical (unpaired) electrons. The van der Waals surface area contributed by atoms with Crippen molar-refractivity contribution in [3.63, 3.8) is 0 Å². The van der Waals surface area contributed by atoms with E-state index in [0.717, 1.165) is 16.7 Å². The Bertz CT molecular complexity index is 914. The molecular weight excluding hydrogens is 331 g/mol. The van der Waals surface area contributed by atoms with Crippen molar-refractivity contribution >= 4 is 23.1 Å². The number of hydrogen-bond acceptors (Lipinski definition) is 3.